The third kappa shape index (κ3) is 3.73. The molecule has 0 atom stereocenters. The predicted molar refractivity (Wildman–Crippen MR) is 85.2 cm³/mol. The van der Waals surface area contributed by atoms with Gasteiger partial charge in [0.1, 0.15) is 11.5 Å². The van der Waals surface area contributed by atoms with Gasteiger partial charge in [-0.15, -0.1) is 0 Å². The van der Waals surface area contributed by atoms with Crippen LogP contribution in [0.4, 0.5) is 33.3 Å². The second-order valence-corrected chi connectivity index (χ2v) is 5.76. The molecule has 0 aliphatic heterocycles. The summed E-state index contributed by atoms with van der Waals surface area (Å²) in [4.78, 5) is 0. The van der Waals surface area contributed by atoms with Crippen molar-refractivity contribution in [1.29, 1.82) is 0 Å². The van der Waals surface area contributed by atoms with Gasteiger partial charge in [-0.25, -0.2) is 22.0 Å². The Balaban J connectivity index is 2.25. The molecule has 0 bridgehead atoms. The van der Waals surface area contributed by atoms with E-state index < -0.39 is 39.2 Å². The molecule has 0 aliphatic carbocycles. The molecule has 2 N–H and O–H groups in total. The lowest BCUT2D eigenvalue weighted by molar-refractivity contribution is 0.452. The lowest BCUT2D eigenvalue weighted by Gasteiger charge is -2.13. The average Bonchev–Trinajstić information content (AvgIpc) is 2.51. The number of nitrogens with one attached hydrogen (secondary N) is 2. The third-order valence-electron chi connectivity index (χ3n) is 2.63. The van der Waals surface area contributed by atoms with Gasteiger partial charge >= 0.3 is 0 Å². The Hall–Kier alpha value is -1.45. The van der Waals surface area contributed by atoms with Crippen molar-refractivity contribution in [1.82, 2.24) is 0 Å². The summed E-state index contributed by atoms with van der Waals surface area (Å²) in [5.41, 5.74) is -0.901. The van der Waals surface area contributed by atoms with E-state index in [2.05, 4.69) is 21.2 Å². The summed E-state index contributed by atoms with van der Waals surface area (Å²) in [7, 11) is 0. The first-order chi connectivity index (χ1) is 10.7. The summed E-state index contributed by atoms with van der Waals surface area (Å²) in [5, 5.41) is 3.85. The molecule has 2 aromatic carbocycles. The Labute approximate surface area is 145 Å². The van der Waals surface area contributed by atoms with Crippen LogP contribution in [0.1, 0.15) is 0 Å². The summed E-state index contributed by atoms with van der Waals surface area (Å²) >= 11 is 12.7. The zero-order chi connectivity index (χ0) is 17.3. The Bertz CT molecular complexity index is 773. The van der Waals surface area contributed by atoms with Gasteiger partial charge in [0.2, 0.25) is 0 Å². The summed E-state index contributed by atoms with van der Waals surface area (Å²) in [6.45, 7) is 0. The maximum Gasteiger partial charge on any atom is 0.186 e. The number of thiocarbonyl (C=S) groups is 1. The summed E-state index contributed by atoms with van der Waals surface area (Å²) < 4.78 is 66.3. The van der Waals surface area contributed by atoms with Crippen LogP contribution >= 0.6 is 39.7 Å². The minimum atomic E-state index is -1.66. The molecule has 122 valence electrons. The molecule has 0 aromatic heterocycles. The van der Waals surface area contributed by atoms with Gasteiger partial charge in [-0.1, -0.05) is 11.6 Å². The Kier molecular flexibility index (Phi) is 5.43. The van der Waals surface area contributed by atoms with Crippen LogP contribution in [0.15, 0.2) is 22.7 Å². The van der Waals surface area contributed by atoms with Gasteiger partial charge in [-0.2, -0.15) is 0 Å². The van der Waals surface area contributed by atoms with Crippen molar-refractivity contribution in [3.8, 4) is 0 Å². The van der Waals surface area contributed by atoms with Crippen molar-refractivity contribution in [3.63, 3.8) is 0 Å². The Morgan fingerprint density at radius 3 is 2.04 bits per heavy atom. The van der Waals surface area contributed by atoms with E-state index >= 15 is 0 Å². The van der Waals surface area contributed by atoms with Crippen molar-refractivity contribution >= 4 is 56.2 Å². The molecule has 10 heteroatoms. The summed E-state index contributed by atoms with van der Waals surface area (Å²) in [6, 6.07) is 3.46. The monoisotopic (exact) mass is 430 g/mol. The summed E-state index contributed by atoms with van der Waals surface area (Å²) in [5.74, 6) is -7.21. The van der Waals surface area contributed by atoms with Crippen LogP contribution in [0.2, 0.25) is 5.02 Å². The molecule has 0 unspecified atom stereocenters. The second-order valence-electron chi connectivity index (χ2n) is 4.15. The quantitative estimate of drug-likeness (QED) is 0.280. The lowest BCUT2D eigenvalue weighted by Crippen LogP contribution is -2.21. The molecule has 0 amide bonds. The van der Waals surface area contributed by atoms with Gasteiger partial charge in [0.25, 0.3) is 0 Å². The molecule has 0 heterocycles. The van der Waals surface area contributed by atoms with E-state index in [0.717, 1.165) is 6.07 Å². The molecule has 2 rings (SSSR count). The fourth-order valence-electron chi connectivity index (χ4n) is 1.56. The highest BCUT2D eigenvalue weighted by Crippen LogP contribution is 2.31. The number of halogens is 7. The number of hydrogen-bond acceptors (Lipinski definition) is 1. The molecule has 0 saturated carbocycles. The average molecular weight is 432 g/mol. The van der Waals surface area contributed by atoms with Gasteiger partial charge in [-0.3, -0.25) is 0 Å². The van der Waals surface area contributed by atoms with Crippen LogP contribution in [-0.4, -0.2) is 5.11 Å². The second kappa shape index (κ2) is 6.98. The van der Waals surface area contributed by atoms with Crippen LogP contribution in [0.5, 0.6) is 0 Å². The third-order valence-corrected chi connectivity index (χ3v) is 3.82. The van der Waals surface area contributed by atoms with Crippen molar-refractivity contribution < 1.29 is 22.0 Å². The molecule has 0 fully saturated rings. The van der Waals surface area contributed by atoms with E-state index in [0.29, 0.717) is 0 Å². The fourth-order valence-corrected chi connectivity index (χ4v) is 2.31. The maximum atomic E-state index is 13.7. The van der Waals surface area contributed by atoms with E-state index in [9.17, 15) is 22.0 Å². The van der Waals surface area contributed by atoms with E-state index in [4.69, 9.17) is 23.8 Å². The number of rotatable bonds is 2. The number of hydrogen-bond donors (Lipinski definition) is 2. The van der Waals surface area contributed by atoms with Crippen LogP contribution in [0.25, 0.3) is 0 Å². The van der Waals surface area contributed by atoms with Crippen LogP contribution in [-0.2, 0) is 0 Å². The minimum absolute atomic E-state index is 0.202. The minimum Gasteiger partial charge on any atom is -0.332 e. The Morgan fingerprint density at radius 1 is 0.957 bits per heavy atom. The molecule has 0 aliphatic rings. The van der Waals surface area contributed by atoms with Crippen LogP contribution < -0.4 is 10.6 Å². The fraction of sp³-hybridized carbons (Fsp3) is 0. The SMILES string of the molecule is Fc1ccc(NC(=S)Nc2c(F)c(F)c(Br)c(F)c2F)cc1Cl. The number of anilines is 2. The lowest BCUT2D eigenvalue weighted by atomic mass is 10.2. The van der Waals surface area contributed by atoms with Crippen LogP contribution in [0.3, 0.4) is 0 Å². The topological polar surface area (TPSA) is 24.1 Å². The van der Waals surface area contributed by atoms with Crippen molar-refractivity contribution in [2.45, 2.75) is 0 Å². The van der Waals surface area contributed by atoms with E-state index in [-0.39, 0.29) is 15.8 Å². The van der Waals surface area contributed by atoms with Crippen LogP contribution in [0, 0.1) is 29.1 Å². The van der Waals surface area contributed by atoms with Gasteiger partial charge in [0.15, 0.2) is 28.4 Å². The van der Waals surface area contributed by atoms with E-state index in [1.807, 2.05) is 5.32 Å². The van der Waals surface area contributed by atoms with Gasteiger partial charge in [0.05, 0.1) is 9.50 Å². The zero-order valence-electron chi connectivity index (χ0n) is 10.8. The maximum absolute atomic E-state index is 13.7. The summed E-state index contributed by atoms with van der Waals surface area (Å²) in [6.07, 6.45) is 0. The highest BCUT2D eigenvalue weighted by molar-refractivity contribution is 9.10. The predicted octanol–water partition coefficient (Wildman–Crippen LogP) is 5.61. The highest BCUT2D eigenvalue weighted by Gasteiger charge is 2.24. The highest BCUT2D eigenvalue weighted by atomic mass is 79.9. The van der Waals surface area contributed by atoms with Gasteiger partial charge < -0.3 is 10.6 Å². The molecule has 0 saturated heterocycles. The largest absolute Gasteiger partial charge is 0.332 e. The molecule has 2 nitrogen and oxygen atoms in total. The first-order valence-corrected chi connectivity index (χ1v) is 7.34. The van der Waals surface area contributed by atoms with Crippen molar-refractivity contribution in [3.05, 3.63) is 56.8 Å². The van der Waals surface area contributed by atoms with Crippen molar-refractivity contribution in [2.24, 2.45) is 0 Å². The number of benzene rings is 2. The molecule has 2 aromatic rings. The standard InChI is InChI=1S/C13H5BrClF5N2S/c14-7-8(17)10(19)12(11(20)9(7)18)22-13(23)21-4-1-2-6(16)5(15)3-4/h1-3H,(H2,21,22,23). The molecular formula is C13H5BrClF5N2S. The van der Waals surface area contributed by atoms with Gasteiger partial charge in [0, 0.05) is 5.69 Å². The molecule has 0 radical (unpaired) electrons. The Morgan fingerprint density at radius 2 is 1.52 bits per heavy atom. The first-order valence-electron chi connectivity index (χ1n) is 5.77. The molecule has 0 spiro atoms. The normalized spacial score (nSPS) is 10.6. The van der Waals surface area contributed by atoms with Crippen molar-refractivity contribution in [2.75, 3.05) is 10.6 Å². The first kappa shape index (κ1) is 17.9. The molecular weight excluding hydrogens is 427 g/mol. The molecule has 23 heavy (non-hydrogen) atoms. The van der Waals surface area contributed by atoms with E-state index in [1.165, 1.54) is 12.1 Å². The smallest absolute Gasteiger partial charge is 0.186 e. The van der Waals surface area contributed by atoms with Gasteiger partial charge in [-0.05, 0) is 46.3 Å². The zero-order valence-corrected chi connectivity index (χ0v) is 13.9. The van der Waals surface area contributed by atoms with E-state index in [1.54, 1.807) is 0 Å².